The molecule has 0 bridgehead atoms. The van der Waals surface area contributed by atoms with Gasteiger partial charge < -0.3 is 9.15 Å². The van der Waals surface area contributed by atoms with Crippen LogP contribution in [-0.2, 0) is 0 Å². The summed E-state index contributed by atoms with van der Waals surface area (Å²) in [5.74, 6) is 0.853. The number of furan rings is 1. The Labute approximate surface area is 110 Å². The van der Waals surface area contributed by atoms with Crippen LogP contribution in [0.2, 0.25) is 0 Å². The van der Waals surface area contributed by atoms with E-state index < -0.39 is 0 Å². The SMILES string of the molecule is COc1cccc2oc3cc4ccccc4cc3c12. The van der Waals surface area contributed by atoms with Crippen molar-refractivity contribution in [3.63, 3.8) is 0 Å². The third-order valence-electron chi connectivity index (χ3n) is 3.55. The van der Waals surface area contributed by atoms with E-state index in [1.807, 2.05) is 30.3 Å². The van der Waals surface area contributed by atoms with Crippen LogP contribution in [0.1, 0.15) is 0 Å². The molecule has 3 aromatic carbocycles. The van der Waals surface area contributed by atoms with Crippen molar-refractivity contribution in [3.8, 4) is 5.75 Å². The molecule has 0 spiro atoms. The molecule has 2 heteroatoms. The molecule has 0 atom stereocenters. The van der Waals surface area contributed by atoms with Crippen molar-refractivity contribution < 1.29 is 9.15 Å². The van der Waals surface area contributed by atoms with Gasteiger partial charge in [0, 0.05) is 5.39 Å². The number of fused-ring (bicyclic) bond motifs is 4. The average molecular weight is 248 g/mol. The van der Waals surface area contributed by atoms with Crippen LogP contribution in [-0.4, -0.2) is 7.11 Å². The van der Waals surface area contributed by atoms with Gasteiger partial charge >= 0.3 is 0 Å². The first-order valence-electron chi connectivity index (χ1n) is 6.25. The number of hydrogen-bond acceptors (Lipinski definition) is 2. The normalized spacial score (nSPS) is 11.4. The monoisotopic (exact) mass is 248 g/mol. The van der Waals surface area contributed by atoms with E-state index in [0.29, 0.717) is 0 Å². The van der Waals surface area contributed by atoms with E-state index in [0.717, 1.165) is 27.7 Å². The van der Waals surface area contributed by atoms with E-state index in [-0.39, 0.29) is 0 Å². The van der Waals surface area contributed by atoms with Gasteiger partial charge in [-0.3, -0.25) is 0 Å². The second kappa shape index (κ2) is 3.75. The summed E-state index contributed by atoms with van der Waals surface area (Å²) < 4.78 is 11.4. The molecule has 4 aromatic rings. The van der Waals surface area contributed by atoms with Gasteiger partial charge in [-0.25, -0.2) is 0 Å². The molecule has 0 unspecified atom stereocenters. The average Bonchev–Trinajstić information content (AvgIpc) is 2.82. The second-order valence-corrected chi connectivity index (χ2v) is 4.63. The zero-order valence-corrected chi connectivity index (χ0v) is 10.5. The fourth-order valence-electron chi connectivity index (χ4n) is 2.65. The van der Waals surface area contributed by atoms with Crippen molar-refractivity contribution in [1.82, 2.24) is 0 Å². The fraction of sp³-hybridized carbons (Fsp3) is 0.0588. The summed E-state index contributed by atoms with van der Waals surface area (Å²) in [6.07, 6.45) is 0. The van der Waals surface area contributed by atoms with Gasteiger partial charge in [0.25, 0.3) is 0 Å². The highest BCUT2D eigenvalue weighted by atomic mass is 16.5. The molecule has 0 amide bonds. The zero-order chi connectivity index (χ0) is 12.8. The Kier molecular flexibility index (Phi) is 2.06. The van der Waals surface area contributed by atoms with Crippen LogP contribution in [0.15, 0.2) is 59.0 Å². The number of rotatable bonds is 1. The standard InChI is InChI=1S/C17H12O2/c1-18-14-7-4-8-15-17(14)13-9-11-5-2-3-6-12(11)10-16(13)19-15/h2-10H,1H3. The Balaban J connectivity index is 2.24. The van der Waals surface area contributed by atoms with Crippen molar-refractivity contribution >= 4 is 32.7 Å². The molecule has 1 aromatic heterocycles. The van der Waals surface area contributed by atoms with Crippen LogP contribution in [0.3, 0.4) is 0 Å². The Morgan fingerprint density at radius 1 is 0.842 bits per heavy atom. The van der Waals surface area contributed by atoms with Crippen molar-refractivity contribution in [2.75, 3.05) is 7.11 Å². The van der Waals surface area contributed by atoms with Gasteiger partial charge in [0.05, 0.1) is 12.5 Å². The predicted octanol–water partition coefficient (Wildman–Crippen LogP) is 4.75. The molecule has 0 saturated heterocycles. The van der Waals surface area contributed by atoms with E-state index >= 15 is 0 Å². The summed E-state index contributed by atoms with van der Waals surface area (Å²) in [6.45, 7) is 0. The second-order valence-electron chi connectivity index (χ2n) is 4.63. The molecule has 0 radical (unpaired) electrons. The molecule has 2 nitrogen and oxygen atoms in total. The smallest absolute Gasteiger partial charge is 0.139 e. The first kappa shape index (κ1) is 10.4. The largest absolute Gasteiger partial charge is 0.496 e. The maximum Gasteiger partial charge on any atom is 0.139 e. The molecule has 19 heavy (non-hydrogen) atoms. The molecule has 92 valence electrons. The Hall–Kier alpha value is -2.48. The Morgan fingerprint density at radius 2 is 1.63 bits per heavy atom. The van der Waals surface area contributed by atoms with Crippen LogP contribution >= 0.6 is 0 Å². The van der Waals surface area contributed by atoms with Gasteiger partial charge in [0.2, 0.25) is 0 Å². The quantitative estimate of drug-likeness (QED) is 0.485. The maximum atomic E-state index is 5.92. The molecule has 0 aliphatic carbocycles. The first-order valence-corrected chi connectivity index (χ1v) is 6.25. The minimum atomic E-state index is 0.853. The van der Waals surface area contributed by atoms with Crippen molar-refractivity contribution in [3.05, 3.63) is 54.6 Å². The molecule has 0 aliphatic rings. The summed E-state index contributed by atoms with van der Waals surface area (Å²) in [6, 6.07) is 18.4. The van der Waals surface area contributed by atoms with Crippen LogP contribution in [0, 0.1) is 0 Å². The van der Waals surface area contributed by atoms with E-state index in [1.54, 1.807) is 7.11 Å². The van der Waals surface area contributed by atoms with Gasteiger partial charge in [0.15, 0.2) is 0 Å². The van der Waals surface area contributed by atoms with E-state index in [1.165, 1.54) is 10.8 Å². The van der Waals surface area contributed by atoms with Crippen molar-refractivity contribution in [2.45, 2.75) is 0 Å². The number of hydrogen-bond donors (Lipinski definition) is 0. The molecular weight excluding hydrogens is 236 g/mol. The van der Waals surface area contributed by atoms with E-state index in [4.69, 9.17) is 9.15 Å². The van der Waals surface area contributed by atoms with Crippen molar-refractivity contribution in [1.29, 1.82) is 0 Å². The highest BCUT2D eigenvalue weighted by Gasteiger charge is 2.11. The predicted molar refractivity (Wildman–Crippen MR) is 77.8 cm³/mol. The molecule has 0 N–H and O–H groups in total. The highest BCUT2D eigenvalue weighted by Crippen LogP contribution is 2.37. The minimum absolute atomic E-state index is 0.853. The molecule has 1 heterocycles. The van der Waals surface area contributed by atoms with Gasteiger partial charge in [-0.2, -0.15) is 0 Å². The summed E-state index contributed by atoms with van der Waals surface area (Å²) >= 11 is 0. The lowest BCUT2D eigenvalue weighted by atomic mass is 10.1. The highest BCUT2D eigenvalue weighted by molar-refractivity contribution is 6.12. The van der Waals surface area contributed by atoms with Gasteiger partial charge in [-0.15, -0.1) is 0 Å². The lowest BCUT2D eigenvalue weighted by Crippen LogP contribution is -1.82. The summed E-state index contributed by atoms with van der Waals surface area (Å²) in [4.78, 5) is 0. The molecule has 0 saturated carbocycles. The van der Waals surface area contributed by atoms with Gasteiger partial charge in [-0.1, -0.05) is 30.3 Å². The number of methoxy groups -OCH3 is 1. The zero-order valence-electron chi connectivity index (χ0n) is 10.5. The molecule has 4 rings (SSSR count). The van der Waals surface area contributed by atoms with Crippen LogP contribution in [0.4, 0.5) is 0 Å². The summed E-state index contributed by atoms with van der Waals surface area (Å²) in [5.41, 5.74) is 1.77. The lowest BCUT2D eigenvalue weighted by molar-refractivity contribution is 0.420. The molecular formula is C17H12O2. The van der Waals surface area contributed by atoms with Gasteiger partial charge in [-0.05, 0) is 35.0 Å². The molecule has 0 aliphatic heterocycles. The van der Waals surface area contributed by atoms with Crippen LogP contribution in [0.5, 0.6) is 5.75 Å². The van der Waals surface area contributed by atoms with Crippen LogP contribution < -0.4 is 4.74 Å². The summed E-state index contributed by atoms with van der Waals surface area (Å²) in [7, 11) is 1.69. The summed E-state index contributed by atoms with van der Waals surface area (Å²) in [5, 5.41) is 4.55. The Morgan fingerprint density at radius 3 is 2.42 bits per heavy atom. The first-order chi connectivity index (χ1) is 9.36. The van der Waals surface area contributed by atoms with Crippen LogP contribution in [0.25, 0.3) is 32.7 Å². The third kappa shape index (κ3) is 1.43. The topological polar surface area (TPSA) is 22.4 Å². The van der Waals surface area contributed by atoms with E-state index in [2.05, 4.69) is 24.3 Å². The van der Waals surface area contributed by atoms with E-state index in [9.17, 15) is 0 Å². The lowest BCUT2D eigenvalue weighted by Gasteiger charge is -2.01. The Bertz CT molecular complexity index is 903. The number of benzene rings is 3. The minimum Gasteiger partial charge on any atom is -0.496 e. The number of ether oxygens (including phenoxy) is 1. The van der Waals surface area contributed by atoms with Gasteiger partial charge in [0.1, 0.15) is 16.9 Å². The third-order valence-corrected chi connectivity index (χ3v) is 3.55. The molecule has 0 fully saturated rings. The van der Waals surface area contributed by atoms with Crippen molar-refractivity contribution in [2.24, 2.45) is 0 Å². The fourth-order valence-corrected chi connectivity index (χ4v) is 2.65. The maximum absolute atomic E-state index is 5.92.